The largest absolute Gasteiger partial charge is 0.490 e. The van der Waals surface area contributed by atoms with E-state index >= 15 is 0 Å². The van der Waals surface area contributed by atoms with Crippen LogP contribution in [0.1, 0.15) is 38.1 Å². The number of imidazole rings is 1. The highest BCUT2D eigenvalue weighted by Gasteiger charge is 2.47. The fourth-order valence-electron chi connectivity index (χ4n) is 4.07. The van der Waals surface area contributed by atoms with Gasteiger partial charge in [-0.3, -0.25) is 14.7 Å². The lowest BCUT2D eigenvalue weighted by Gasteiger charge is -2.45. The van der Waals surface area contributed by atoms with Crippen LogP contribution < -0.4 is 5.32 Å². The monoisotopic (exact) mass is 483 g/mol. The minimum absolute atomic E-state index is 0.0403. The number of carbonyl (C=O) groups is 2. The quantitative estimate of drug-likeness (QED) is 0.687. The number of hydrogen-bond acceptors (Lipinski definition) is 6. The van der Waals surface area contributed by atoms with E-state index < -0.39 is 23.9 Å². The van der Waals surface area contributed by atoms with E-state index in [0.717, 1.165) is 38.3 Å². The molecule has 1 saturated heterocycles. The van der Waals surface area contributed by atoms with E-state index in [-0.39, 0.29) is 11.9 Å². The van der Waals surface area contributed by atoms with Gasteiger partial charge in [-0.25, -0.2) is 9.78 Å². The van der Waals surface area contributed by atoms with Crippen molar-refractivity contribution in [1.29, 1.82) is 0 Å². The van der Waals surface area contributed by atoms with E-state index in [1.165, 1.54) is 5.56 Å². The van der Waals surface area contributed by atoms with Crippen LogP contribution in [0.2, 0.25) is 0 Å². The molecule has 1 atom stereocenters. The Morgan fingerprint density at radius 2 is 1.97 bits per heavy atom. The Balaban J connectivity index is 0.000000406. The molecule has 0 aliphatic carbocycles. The minimum atomic E-state index is -5.08. The van der Waals surface area contributed by atoms with Crippen LogP contribution in [0.3, 0.4) is 0 Å². The number of aromatic nitrogens is 3. The molecule has 4 heterocycles. The summed E-state index contributed by atoms with van der Waals surface area (Å²) in [4.78, 5) is 32.7. The number of nitrogens with one attached hydrogen (secondary N) is 1. The Kier molecular flexibility index (Phi) is 7.93. The fourth-order valence-corrected chi connectivity index (χ4v) is 4.07. The van der Waals surface area contributed by atoms with Gasteiger partial charge in [-0.15, -0.1) is 0 Å². The van der Waals surface area contributed by atoms with Crippen LogP contribution in [0.15, 0.2) is 36.9 Å². The summed E-state index contributed by atoms with van der Waals surface area (Å²) in [6.45, 7) is 7.15. The lowest BCUT2D eigenvalue weighted by molar-refractivity contribution is -0.192. The predicted molar refractivity (Wildman–Crippen MR) is 114 cm³/mol. The second kappa shape index (κ2) is 10.5. The summed E-state index contributed by atoms with van der Waals surface area (Å²) in [5, 5.41) is 10.1. The number of alkyl halides is 3. The van der Waals surface area contributed by atoms with Crippen molar-refractivity contribution in [2.75, 3.05) is 13.1 Å². The predicted octanol–water partition coefficient (Wildman–Crippen LogP) is 2.33. The molecule has 2 aliphatic heterocycles. The van der Waals surface area contributed by atoms with Crippen LogP contribution >= 0.6 is 0 Å². The van der Waals surface area contributed by atoms with E-state index in [9.17, 15) is 18.0 Å². The molecule has 186 valence electrons. The lowest BCUT2D eigenvalue weighted by Crippen LogP contribution is -2.54. The van der Waals surface area contributed by atoms with E-state index in [4.69, 9.17) is 14.6 Å². The van der Waals surface area contributed by atoms with Crippen molar-refractivity contribution in [3.63, 3.8) is 0 Å². The number of likely N-dealkylation sites (tertiary alicyclic amines) is 1. The normalized spacial score (nSPS) is 19.8. The molecule has 4 rings (SSSR count). The molecule has 1 spiro atoms. The van der Waals surface area contributed by atoms with E-state index in [0.29, 0.717) is 6.54 Å². The summed E-state index contributed by atoms with van der Waals surface area (Å²) < 4.78 is 40.3. The molecular weight excluding hydrogens is 455 g/mol. The molecule has 1 fully saturated rings. The number of carbonyl (C=O) groups excluding carboxylic acids is 1. The van der Waals surface area contributed by atoms with Crippen molar-refractivity contribution < 1.29 is 32.6 Å². The number of pyridine rings is 1. The number of hydrogen-bond donors (Lipinski definition) is 2. The van der Waals surface area contributed by atoms with Gasteiger partial charge >= 0.3 is 12.1 Å². The molecular formula is C22H28F3N5O4. The summed E-state index contributed by atoms with van der Waals surface area (Å²) in [6.07, 6.45) is 3.58. The molecule has 2 N–H and O–H groups in total. The summed E-state index contributed by atoms with van der Waals surface area (Å²) in [6, 6.07) is 4.18. The highest BCUT2D eigenvalue weighted by Crippen LogP contribution is 2.40. The van der Waals surface area contributed by atoms with Crippen LogP contribution in [-0.2, 0) is 33.0 Å². The summed E-state index contributed by atoms with van der Waals surface area (Å²) in [7, 11) is 0. The Hall–Kier alpha value is -2.99. The van der Waals surface area contributed by atoms with Crippen LogP contribution in [0.5, 0.6) is 0 Å². The number of fused-ring (bicyclic) bond motifs is 2. The summed E-state index contributed by atoms with van der Waals surface area (Å²) in [5.41, 5.74) is 0.736. The van der Waals surface area contributed by atoms with Gasteiger partial charge in [0.2, 0.25) is 0 Å². The lowest BCUT2D eigenvalue weighted by atomic mass is 9.88. The van der Waals surface area contributed by atoms with E-state index in [1.54, 1.807) is 6.20 Å². The second-order valence-corrected chi connectivity index (χ2v) is 8.61. The summed E-state index contributed by atoms with van der Waals surface area (Å²) in [5.74, 6) is -1.84. The maximum atomic E-state index is 12.6. The van der Waals surface area contributed by atoms with E-state index in [1.807, 2.05) is 38.5 Å². The van der Waals surface area contributed by atoms with Gasteiger partial charge in [0.15, 0.2) is 6.10 Å². The molecule has 0 bridgehead atoms. The standard InChI is InChI=1S/C20H27N5O2.C2HF3O2/c1-15(2)23-18(26)17-14-25-11-8-22-19(25)20(27-17)5-9-24(10-6-20)13-16-4-3-7-21-12-16;3-2(4,5)1(6)7/h3-4,7-8,11-12,15,17H,5-6,9-10,13-14H2,1-2H3,(H,23,26);(H,6,7). The van der Waals surface area contributed by atoms with Crippen LogP contribution in [-0.4, -0.2) is 67.8 Å². The zero-order valence-electron chi connectivity index (χ0n) is 19.0. The van der Waals surface area contributed by atoms with Gasteiger partial charge in [0.05, 0.1) is 6.54 Å². The van der Waals surface area contributed by atoms with Gasteiger partial charge in [0.25, 0.3) is 5.91 Å². The Labute approximate surface area is 194 Å². The van der Waals surface area contributed by atoms with Gasteiger partial charge in [0.1, 0.15) is 11.4 Å². The minimum Gasteiger partial charge on any atom is -0.475 e. The average molecular weight is 483 g/mol. The van der Waals surface area contributed by atoms with Gasteiger partial charge in [-0.1, -0.05) is 6.07 Å². The maximum absolute atomic E-state index is 12.6. The average Bonchev–Trinajstić information content (AvgIpc) is 3.25. The van der Waals surface area contributed by atoms with Gasteiger partial charge in [-0.05, 0) is 38.3 Å². The number of amides is 1. The van der Waals surface area contributed by atoms with Gasteiger partial charge in [-0.2, -0.15) is 13.2 Å². The molecule has 0 aromatic carbocycles. The topological polar surface area (TPSA) is 110 Å². The van der Waals surface area contributed by atoms with Crippen molar-refractivity contribution in [3.8, 4) is 0 Å². The van der Waals surface area contributed by atoms with Crippen LogP contribution in [0.4, 0.5) is 13.2 Å². The van der Waals surface area contributed by atoms with Crippen LogP contribution in [0, 0.1) is 0 Å². The molecule has 0 saturated carbocycles. The van der Waals surface area contributed by atoms with Gasteiger partial charge < -0.3 is 19.7 Å². The first-order valence-corrected chi connectivity index (χ1v) is 10.9. The smallest absolute Gasteiger partial charge is 0.475 e. The SMILES string of the molecule is CC(C)NC(=O)C1Cn2ccnc2C2(CCN(Cc3cccnc3)CC2)O1.O=C(O)C(F)(F)F. The highest BCUT2D eigenvalue weighted by atomic mass is 19.4. The molecule has 1 amide bonds. The highest BCUT2D eigenvalue weighted by molar-refractivity contribution is 5.81. The number of halogens is 3. The van der Waals surface area contributed by atoms with Crippen molar-refractivity contribution in [3.05, 3.63) is 48.3 Å². The number of piperidine rings is 1. The number of ether oxygens (including phenoxy) is 1. The van der Waals surface area contributed by atoms with Crippen molar-refractivity contribution >= 4 is 11.9 Å². The number of rotatable bonds is 4. The van der Waals surface area contributed by atoms with Gasteiger partial charge in [0, 0.05) is 50.5 Å². The molecule has 34 heavy (non-hydrogen) atoms. The second-order valence-electron chi connectivity index (χ2n) is 8.61. The zero-order chi connectivity index (χ0) is 24.9. The Bertz CT molecular complexity index is 972. The first kappa shape index (κ1) is 25.6. The number of carboxylic acid groups (broad SMARTS) is 1. The van der Waals surface area contributed by atoms with Crippen LogP contribution in [0.25, 0.3) is 0 Å². The molecule has 0 radical (unpaired) electrons. The molecule has 12 heteroatoms. The Morgan fingerprint density at radius 3 is 2.53 bits per heavy atom. The molecule has 2 aliphatic rings. The maximum Gasteiger partial charge on any atom is 0.490 e. The first-order valence-electron chi connectivity index (χ1n) is 10.9. The third kappa shape index (κ3) is 6.32. The zero-order valence-corrected chi connectivity index (χ0v) is 19.0. The molecule has 1 unspecified atom stereocenters. The number of nitrogens with zero attached hydrogens (tertiary/aromatic N) is 4. The third-order valence-electron chi connectivity index (χ3n) is 5.61. The summed E-state index contributed by atoms with van der Waals surface area (Å²) >= 11 is 0. The van der Waals surface area contributed by atoms with Crippen molar-refractivity contribution in [2.24, 2.45) is 0 Å². The molecule has 9 nitrogen and oxygen atoms in total. The van der Waals surface area contributed by atoms with E-state index in [2.05, 4.69) is 30.8 Å². The third-order valence-corrected chi connectivity index (χ3v) is 5.61. The number of aliphatic carboxylic acids is 1. The number of carboxylic acids is 1. The molecule has 2 aromatic rings. The fraction of sp³-hybridized carbons (Fsp3) is 0.545. The first-order chi connectivity index (χ1) is 16.0. The molecule has 2 aromatic heterocycles. The Morgan fingerprint density at radius 1 is 1.29 bits per heavy atom. The van der Waals surface area contributed by atoms with Crippen molar-refractivity contribution in [1.82, 2.24) is 24.8 Å². The van der Waals surface area contributed by atoms with Crippen molar-refractivity contribution in [2.45, 2.75) is 63.7 Å².